The zero-order chi connectivity index (χ0) is 38.7. The summed E-state index contributed by atoms with van der Waals surface area (Å²) < 4.78 is 32.3. The molecule has 17 heteroatoms. The van der Waals surface area contributed by atoms with Gasteiger partial charge < -0.3 is 14.2 Å². The van der Waals surface area contributed by atoms with Crippen LogP contribution in [-0.2, 0) is 24.2 Å². The second kappa shape index (κ2) is 18.3. The molecule has 6 aromatic rings. The highest BCUT2D eigenvalue weighted by Crippen LogP contribution is 2.18. The van der Waals surface area contributed by atoms with Crippen LogP contribution in [0.2, 0.25) is 0 Å². The first-order chi connectivity index (χ1) is 25.9. The van der Waals surface area contributed by atoms with Crippen LogP contribution < -0.4 is 20.6 Å². The van der Waals surface area contributed by atoms with Gasteiger partial charge >= 0.3 is 12.0 Å². The largest absolute Gasteiger partial charge is 0.463 e. The molecule has 0 atom stereocenters. The Kier molecular flexibility index (Phi) is 13.3. The minimum atomic E-state index is -0.470. The Labute approximate surface area is 314 Å². The summed E-state index contributed by atoms with van der Waals surface area (Å²) in [5.74, 6) is -0.0641. The number of aromatic nitrogens is 10. The van der Waals surface area contributed by atoms with Gasteiger partial charge in [-0.25, -0.2) is 38.7 Å². The molecule has 0 aromatic carbocycles. The maximum absolute atomic E-state index is 13.3. The first kappa shape index (κ1) is 39.4. The molecule has 0 spiro atoms. The van der Waals surface area contributed by atoms with E-state index in [0.717, 1.165) is 28.1 Å². The van der Waals surface area contributed by atoms with Crippen LogP contribution in [0.4, 0.5) is 4.39 Å². The number of hydrogen-bond donors (Lipinski definition) is 0. The molecule has 0 N–H and O–H groups in total. The fraction of sp³-hybridized carbons (Fsp3) is 0.351. The van der Waals surface area contributed by atoms with E-state index >= 15 is 0 Å². The Bertz CT molecular complexity index is 2240. The zero-order valence-corrected chi connectivity index (χ0v) is 31.7. The van der Waals surface area contributed by atoms with Crippen LogP contribution in [0.3, 0.4) is 0 Å². The molecule has 0 aliphatic heterocycles. The molecule has 0 amide bonds. The number of methoxy groups -OCH3 is 1. The third-order valence-electron chi connectivity index (χ3n) is 7.53. The Hall–Kier alpha value is -5.81. The molecule has 0 unspecified atom stereocenters. The van der Waals surface area contributed by atoms with Gasteiger partial charge in [0.15, 0.2) is 0 Å². The Morgan fingerprint density at radius 3 is 1.87 bits per heavy atom. The molecule has 6 heterocycles. The number of ether oxygens (including phenoxy) is 3. The van der Waals surface area contributed by atoms with Crippen molar-refractivity contribution in [1.29, 1.82) is 0 Å². The summed E-state index contributed by atoms with van der Waals surface area (Å²) in [6.45, 7) is 11.3. The van der Waals surface area contributed by atoms with Crippen molar-refractivity contribution in [3.8, 4) is 34.5 Å². The Morgan fingerprint density at radius 1 is 0.778 bits per heavy atom. The van der Waals surface area contributed by atoms with Crippen molar-refractivity contribution in [2.45, 2.75) is 59.7 Å². The molecule has 15 nitrogen and oxygen atoms in total. The third-order valence-corrected chi connectivity index (χ3v) is 8.66. The second-order valence-electron chi connectivity index (χ2n) is 13.0. The van der Waals surface area contributed by atoms with Crippen molar-refractivity contribution in [2.24, 2.45) is 5.92 Å². The predicted octanol–water partition coefficient (Wildman–Crippen LogP) is 4.89. The van der Waals surface area contributed by atoms with Crippen LogP contribution in [0.15, 0.2) is 83.3 Å². The lowest BCUT2D eigenvalue weighted by Crippen LogP contribution is -2.31. The molecule has 0 fully saturated rings. The van der Waals surface area contributed by atoms with Gasteiger partial charge in [-0.05, 0) is 49.9 Å². The molecule has 282 valence electrons. The van der Waals surface area contributed by atoms with Crippen molar-refractivity contribution >= 4 is 11.3 Å². The van der Waals surface area contributed by atoms with Gasteiger partial charge in [-0.3, -0.25) is 14.6 Å². The topological polar surface area (TPSA) is 175 Å². The number of hydrogen-bond acceptors (Lipinski definition) is 14. The molecule has 6 aromatic heterocycles. The van der Waals surface area contributed by atoms with Crippen LogP contribution in [0.1, 0.15) is 50.1 Å². The number of halogens is 1. The van der Waals surface area contributed by atoms with Crippen LogP contribution in [-0.4, -0.2) is 75.4 Å². The van der Waals surface area contributed by atoms with Crippen molar-refractivity contribution in [2.75, 3.05) is 20.3 Å². The van der Waals surface area contributed by atoms with Crippen LogP contribution in [0, 0.1) is 11.7 Å². The summed E-state index contributed by atoms with van der Waals surface area (Å²) in [4.78, 5) is 50.0. The maximum atomic E-state index is 13.3. The SMILES string of the molecule is CCc1ncc(Cn2nc(-c3cnc(OCC(C)C)nc3)ccc2=O)s1.COC(C)(C)COc1ncc(-c2ccc(=O)n(Cc3cncc(F)c3)n2)cn1. The third kappa shape index (κ3) is 11.3. The molecule has 0 bridgehead atoms. The van der Waals surface area contributed by atoms with E-state index in [2.05, 4.69) is 60.9 Å². The highest BCUT2D eigenvalue weighted by Gasteiger charge is 2.18. The smallest absolute Gasteiger partial charge is 0.316 e. The number of nitrogens with zero attached hydrogens (tertiary/aromatic N) is 10. The average Bonchev–Trinajstić information content (AvgIpc) is 3.63. The van der Waals surface area contributed by atoms with E-state index in [0.29, 0.717) is 54.2 Å². The van der Waals surface area contributed by atoms with Crippen molar-refractivity contribution in [3.63, 3.8) is 0 Å². The quantitative estimate of drug-likeness (QED) is 0.147. The normalized spacial score (nSPS) is 11.3. The van der Waals surface area contributed by atoms with Gasteiger partial charge in [0.25, 0.3) is 11.1 Å². The number of aryl methyl sites for hydroxylation is 1. The Balaban J connectivity index is 0.000000208. The van der Waals surface area contributed by atoms with E-state index < -0.39 is 11.4 Å². The minimum absolute atomic E-state index is 0.103. The first-order valence-corrected chi connectivity index (χ1v) is 17.9. The second-order valence-corrected chi connectivity index (χ2v) is 14.2. The Morgan fingerprint density at radius 2 is 1.35 bits per heavy atom. The molecule has 6 rings (SSSR count). The lowest BCUT2D eigenvalue weighted by molar-refractivity contribution is -0.0170. The fourth-order valence-electron chi connectivity index (χ4n) is 4.46. The van der Waals surface area contributed by atoms with E-state index in [1.54, 1.807) is 61.6 Å². The molecule has 54 heavy (non-hydrogen) atoms. The fourth-order valence-corrected chi connectivity index (χ4v) is 5.31. The number of pyridine rings is 1. The molecule has 0 aliphatic rings. The average molecular weight is 757 g/mol. The van der Waals surface area contributed by atoms with E-state index in [-0.39, 0.29) is 23.7 Å². The van der Waals surface area contributed by atoms with Gasteiger partial charge in [-0.15, -0.1) is 11.3 Å². The van der Waals surface area contributed by atoms with Gasteiger partial charge in [0.2, 0.25) is 0 Å². The molecule has 0 aliphatic carbocycles. The van der Waals surface area contributed by atoms with Crippen molar-refractivity contribution < 1.29 is 18.6 Å². The van der Waals surface area contributed by atoms with Gasteiger partial charge in [-0.1, -0.05) is 20.8 Å². The highest BCUT2D eigenvalue weighted by molar-refractivity contribution is 7.11. The van der Waals surface area contributed by atoms with Gasteiger partial charge in [0, 0.05) is 72.4 Å². The number of thiazole rings is 1. The van der Waals surface area contributed by atoms with Crippen molar-refractivity contribution in [3.05, 3.63) is 116 Å². The lowest BCUT2D eigenvalue weighted by Gasteiger charge is -2.21. The maximum Gasteiger partial charge on any atom is 0.316 e. The van der Waals surface area contributed by atoms with Crippen molar-refractivity contribution in [1.82, 2.24) is 49.5 Å². The summed E-state index contributed by atoms with van der Waals surface area (Å²) in [7, 11) is 1.60. The van der Waals surface area contributed by atoms with Gasteiger partial charge in [0.1, 0.15) is 12.4 Å². The summed E-state index contributed by atoms with van der Waals surface area (Å²) in [5, 5.41) is 9.80. The monoisotopic (exact) mass is 756 g/mol. The predicted molar refractivity (Wildman–Crippen MR) is 200 cm³/mol. The van der Waals surface area contributed by atoms with E-state index in [4.69, 9.17) is 14.2 Å². The summed E-state index contributed by atoms with van der Waals surface area (Å²) in [6, 6.07) is 8.02. The number of rotatable bonds is 14. The molecular formula is C37H41FN10O5S. The summed E-state index contributed by atoms with van der Waals surface area (Å²) >= 11 is 1.60. The van der Waals surface area contributed by atoms with Gasteiger partial charge in [0.05, 0.1) is 47.9 Å². The van der Waals surface area contributed by atoms with E-state index in [1.165, 1.54) is 33.8 Å². The van der Waals surface area contributed by atoms with Crippen LogP contribution >= 0.6 is 11.3 Å². The first-order valence-electron chi connectivity index (χ1n) is 17.1. The molecular weight excluding hydrogens is 716 g/mol. The van der Waals surface area contributed by atoms with Crippen LogP contribution in [0.25, 0.3) is 22.5 Å². The lowest BCUT2D eigenvalue weighted by atomic mass is 10.1. The minimum Gasteiger partial charge on any atom is -0.463 e. The summed E-state index contributed by atoms with van der Waals surface area (Å²) in [6.07, 6.45) is 11.7. The van der Waals surface area contributed by atoms with E-state index in [1.807, 2.05) is 13.8 Å². The molecule has 0 radical (unpaired) electrons. The van der Waals surface area contributed by atoms with E-state index in [9.17, 15) is 14.0 Å². The van der Waals surface area contributed by atoms with Crippen LogP contribution in [0.5, 0.6) is 12.0 Å². The zero-order valence-electron chi connectivity index (χ0n) is 30.8. The highest BCUT2D eigenvalue weighted by atomic mass is 32.1. The summed E-state index contributed by atoms with van der Waals surface area (Å²) in [5.41, 5.74) is 2.11. The van der Waals surface area contributed by atoms with Gasteiger partial charge in [-0.2, -0.15) is 10.2 Å². The molecule has 0 saturated heterocycles. The molecule has 0 saturated carbocycles. The standard InChI is InChI=1S/C19H20FN5O3.C18H21N5O2S/c1-19(2,27-3)12-28-18-22-8-14(9-23-18)16-4-5-17(26)25(24-16)11-13-6-15(20)10-21-7-13;1-4-16-19-9-14(26-16)10-23-17(24)6-5-15(22-23)13-7-20-18(21-8-13)25-11-12(2)3/h4-10H,11-12H2,1-3H3;5-9,12H,4,10-11H2,1-3H3.